The lowest BCUT2D eigenvalue weighted by Gasteiger charge is -2.15. The monoisotopic (exact) mass is 369 g/mol. The van der Waals surface area contributed by atoms with Crippen LogP contribution in [0.3, 0.4) is 0 Å². The maximum atomic E-state index is 12.6. The van der Waals surface area contributed by atoms with Crippen molar-refractivity contribution >= 4 is 5.97 Å². The molecule has 0 saturated heterocycles. The Bertz CT molecular complexity index is 724. The molecule has 1 atom stereocenters. The first-order valence-corrected chi connectivity index (χ1v) is 8.29. The molecule has 0 unspecified atom stereocenters. The van der Waals surface area contributed by atoms with Gasteiger partial charge in [-0.3, -0.25) is 9.48 Å². The lowest BCUT2D eigenvalue weighted by molar-refractivity contribution is -0.140. The highest BCUT2D eigenvalue weighted by molar-refractivity contribution is 5.73. The van der Waals surface area contributed by atoms with Crippen molar-refractivity contribution in [3.05, 3.63) is 53.3 Å². The fourth-order valence-corrected chi connectivity index (χ4v) is 2.55. The summed E-state index contributed by atoms with van der Waals surface area (Å²) in [6.07, 6.45) is -0.459. The highest BCUT2D eigenvalue weighted by atomic mass is 19.4. The average molecular weight is 369 g/mol. The number of aliphatic carboxylic acids is 1. The van der Waals surface area contributed by atoms with Gasteiger partial charge in [-0.05, 0) is 30.0 Å². The van der Waals surface area contributed by atoms with E-state index in [1.54, 1.807) is 17.1 Å². The minimum absolute atomic E-state index is 0.256. The van der Waals surface area contributed by atoms with Gasteiger partial charge in [0.15, 0.2) is 0 Å². The van der Waals surface area contributed by atoms with Gasteiger partial charge in [0.05, 0.1) is 18.3 Å². The van der Waals surface area contributed by atoms with Gasteiger partial charge in [0.25, 0.3) is 0 Å². The van der Waals surface area contributed by atoms with Gasteiger partial charge in [0, 0.05) is 18.3 Å². The summed E-state index contributed by atoms with van der Waals surface area (Å²) >= 11 is 0. The molecular weight excluding hydrogens is 347 g/mol. The van der Waals surface area contributed by atoms with Crippen LogP contribution in [0.15, 0.2) is 36.7 Å². The van der Waals surface area contributed by atoms with Crippen LogP contribution in [0.25, 0.3) is 0 Å². The number of aromatic nitrogens is 2. The van der Waals surface area contributed by atoms with E-state index in [9.17, 15) is 23.1 Å². The highest BCUT2D eigenvalue weighted by Gasteiger charge is 2.29. The van der Waals surface area contributed by atoms with E-state index in [4.69, 9.17) is 0 Å². The molecule has 0 aliphatic heterocycles. The quantitative estimate of drug-likeness (QED) is 0.747. The number of carboxylic acids is 1. The number of benzene rings is 1. The fourth-order valence-electron chi connectivity index (χ4n) is 2.55. The maximum absolute atomic E-state index is 12.6. The summed E-state index contributed by atoms with van der Waals surface area (Å²) < 4.78 is 39.3. The Morgan fingerprint density at radius 2 is 1.88 bits per heavy atom. The number of hydrogen-bond acceptors (Lipinski definition) is 3. The number of carboxylic acid groups (broad SMARTS) is 1. The summed E-state index contributed by atoms with van der Waals surface area (Å²) in [5, 5.41) is 16.4. The number of nitrogens with zero attached hydrogens (tertiary/aromatic N) is 2. The molecule has 2 rings (SSSR count). The topological polar surface area (TPSA) is 67.2 Å². The van der Waals surface area contributed by atoms with Crippen LogP contribution < -0.4 is 5.32 Å². The molecule has 1 heterocycles. The van der Waals surface area contributed by atoms with E-state index in [1.165, 1.54) is 12.1 Å². The molecule has 0 bridgehead atoms. The molecule has 5 nitrogen and oxygen atoms in total. The number of halogens is 3. The lowest BCUT2D eigenvalue weighted by atomic mass is 10.0. The molecule has 2 aromatic rings. The predicted octanol–water partition coefficient (Wildman–Crippen LogP) is 3.54. The van der Waals surface area contributed by atoms with E-state index in [1.807, 2.05) is 13.8 Å². The maximum Gasteiger partial charge on any atom is 0.416 e. The minimum atomic E-state index is -4.35. The highest BCUT2D eigenvalue weighted by Crippen LogP contribution is 2.29. The van der Waals surface area contributed by atoms with Gasteiger partial charge in [-0.25, -0.2) is 0 Å². The lowest BCUT2D eigenvalue weighted by Crippen LogP contribution is -2.37. The largest absolute Gasteiger partial charge is 0.480 e. The molecule has 142 valence electrons. The zero-order chi connectivity index (χ0) is 19.3. The molecule has 1 aromatic carbocycles. The zero-order valence-electron chi connectivity index (χ0n) is 14.6. The molecule has 0 amide bonds. The molecule has 1 aromatic heterocycles. The summed E-state index contributed by atoms with van der Waals surface area (Å²) in [6.45, 7) is 4.61. The Balaban J connectivity index is 1.94. The summed E-state index contributed by atoms with van der Waals surface area (Å²) in [5.74, 6) is -0.637. The van der Waals surface area contributed by atoms with Crippen LogP contribution in [0.1, 0.15) is 37.0 Å². The Hall–Kier alpha value is -2.35. The molecule has 2 N–H and O–H groups in total. The Labute approximate surface area is 149 Å². The van der Waals surface area contributed by atoms with Gasteiger partial charge < -0.3 is 10.4 Å². The number of alkyl halides is 3. The van der Waals surface area contributed by atoms with E-state index in [2.05, 4.69) is 10.4 Å². The Kier molecular flexibility index (Phi) is 6.42. The van der Waals surface area contributed by atoms with E-state index < -0.39 is 23.8 Å². The van der Waals surface area contributed by atoms with Crippen molar-refractivity contribution < 1.29 is 23.1 Å². The van der Waals surface area contributed by atoms with Crippen LogP contribution in [0.4, 0.5) is 13.2 Å². The smallest absolute Gasteiger partial charge is 0.416 e. The first kappa shape index (κ1) is 20.0. The number of hydrogen-bond donors (Lipinski definition) is 2. The Morgan fingerprint density at radius 3 is 2.42 bits per heavy atom. The van der Waals surface area contributed by atoms with E-state index in [-0.39, 0.29) is 5.92 Å². The minimum Gasteiger partial charge on any atom is -0.480 e. The van der Waals surface area contributed by atoms with Crippen molar-refractivity contribution in [3.63, 3.8) is 0 Å². The third-order valence-corrected chi connectivity index (χ3v) is 3.87. The molecule has 0 aliphatic carbocycles. The normalized spacial score (nSPS) is 13.2. The second-order valence-corrected chi connectivity index (χ2v) is 6.64. The molecule has 0 radical (unpaired) electrons. The average Bonchev–Trinajstić information content (AvgIpc) is 2.98. The van der Waals surface area contributed by atoms with Crippen molar-refractivity contribution in [3.8, 4) is 0 Å². The first-order valence-electron chi connectivity index (χ1n) is 8.29. The molecule has 0 spiro atoms. The zero-order valence-corrected chi connectivity index (χ0v) is 14.6. The predicted molar refractivity (Wildman–Crippen MR) is 90.5 cm³/mol. The SMILES string of the molecule is CC(C)C[C@H](NCc1cnn(Cc2ccc(C(F)(F)F)cc2)c1)C(=O)O. The molecule has 0 saturated carbocycles. The fraction of sp³-hybridized carbons (Fsp3) is 0.444. The van der Waals surface area contributed by atoms with Crippen molar-refractivity contribution in [2.75, 3.05) is 0 Å². The standard InChI is InChI=1S/C18H22F3N3O2/c1-12(2)7-16(17(25)26)22-8-14-9-23-24(11-14)10-13-3-5-15(6-4-13)18(19,20)21/h3-6,9,11-12,16,22H,7-8,10H2,1-2H3,(H,25,26)/t16-/m0/s1. The van der Waals surface area contributed by atoms with Crippen LogP contribution >= 0.6 is 0 Å². The van der Waals surface area contributed by atoms with Crippen molar-refractivity contribution in [1.29, 1.82) is 0 Å². The summed E-state index contributed by atoms with van der Waals surface area (Å²) in [5.41, 5.74) is 0.826. The molecule has 0 aliphatic rings. The van der Waals surface area contributed by atoms with Gasteiger partial charge in [-0.1, -0.05) is 26.0 Å². The van der Waals surface area contributed by atoms with Gasteiger partial charge >= 0.3 is 12.1 Å². The van der Waals surface area contributed by atoms with Crippen LogP contribution in [0.2, 0.25) is 0 Å². The van der Waals surface area contributed by atoms with Crippen LogP contribution in [0.5, 0.6) is 0 Å². The second kappa shape index (κ2) is 8.35. The summed E-state index contributed by atoms with van der Waals surface area (Å²) in [4.78, 5) is 11.2. The summed E-state index contributed by atoms with van der Waals surface area (Å²) in [6, 6.07) is 4.31. The van der Waals surface area contributed by atoms with Crippen molar-refractivity contribution in [1.82, 2.24) is 15.1 Å². The van der Waals surface area contributed by atoms with E-state index in [0.717, 1.165) is 17.7 Å². The number of carbonyl (C=O) groups is 1. The van der Waals surface area contributed by atoms with Gasteiger partial charge in [0.2, 0.25) is 0 Å². The third kappa shape index (κ3) is 5.87. The number of rotatable bonds is 8. The molecule has 0 fully saturated rings. The van der Waals surface area contributed by atoms with Gasteiger partial charge in [-0.15, -0.1) is 0 Å². The van der Waals surface area contributed by atoms with Gasteiger partial charge in [-0.2, -0.15) is 18.3 Å². The molecule has 8 heteroatoms. The third-order valence-electron chi connectivity index (χ3n) is 3.87. The van der Waals surface area contributed by atoms with Crippen molar-refractivity contribution in [2.24, 2.45) is 5.92 Å². The molecule has 26 heavy (non-hydrogen) atoms. The first-order chi connectivity index (χ1) is 12.1. The van der Waals surface area contributed by atoms with E-state index >= 15 is 0 Å². The van der Waals surface area contributed by atoms with Gasteiger partial charge in [0.1, 0.15) is 6.04 Å². The Morgan fingerprint density at radius 1 is 1.23 bits per heavy atom. The number of nitrogens with one attached hydrogen (secondary N) is 1. The van der Waals surface area contributed by atoms with Crippen LogP contribution in [0, 0.1) is 5.92 Å². The van der Waals surface area contributed by atoms with Crippen LogP contribution in [-0.2, 0) is 24.1 Å². The molecular formula is C18H22F3N3O2. The van der Waals surface area contributed by atoms with Crippen molar-refractivity contribution in [2.45, 2.75) is 45.6 Å². The summed E-state index contributed by atoms with van der Waals surface area (Å²) in [7, 11) is 0. The second-order valence-electron chi connectivity index (χ2n) is 6.64. The van der Waals surface area contributed by atoms with Crippen LogP contribution in [-0.4, -0.2) is 26.9 Å². The van der Waals surface area contributed by atoms with E-state index in [0.29, 0.717) is 25.1 Å².